The maximum atomic E-state index is 7.07. The normalized spacial score (nSPS) is 15.7. The molecule has 0 N–H and O–H groups in total. The summed E-state index contributed by atoms with van der Waals surface area (Å²) in [5.74, 6) is 0.0941. The molecule has 0 radical (unpaired) electrons. The molecule has 0 spiro atoms. The third kappa shape index (κ3) is 6.32. The van der Waals surface area contributed by atoms with E-state index in [4.69, 9.17) is 13.8 Å². The lowest BCUT2D eigenvalue weighted by atomic mass is 9.79. The van der Waals surface area contributed by atoms with Crippen molar-refractivity contribution in [3.8, 4) is 16.8 Å². The van der Waals surface area contributed by atoms with Crippen LogP contribution in [0.2, 0.25) is 0 Å². The number of furan rings is 2. The van der Waals surface area contributed by atoms with E-state index in [1.165, 1.54) is 60.3 Å². The number of hydrogen-bond donors (Lipinski definition) is 0. The predicted molar refractivity (Wildman–Crippen MR) is 289 cm³/mol. The lowest BCUT2D eigenvalue weighted by Gasteiger charge is -2.27. The first kappa shape index (κ1) is 39.7. The van der Waals surface area contributed by atoms with Crippen molar-refractivity contribution in [1.82, 2.24) is 4.57 Å². The number of para-hydroxylation sites is 2. The third-order valence-corrected chi connectivity index (χ3v) is 14.9. The Balaban J connectivity index is 1.05. The minimum atomic E-state index is -0.185. The summed E-state index contributed by atoms with van der Waals surface area (Å²) in [5.41, 5.74) is 16.5. The Morgan fingerprint density at radius 2 is 1.12 bits per heavy atom. The van der Waals surface area contributed by atoms with Gasteiger partial charge in [-0.25, -0.2) is 0 Å². The van der Waals surface area contributed by atoms with Crippen molar-refractivity contribution in [3.05, 3.63) is 229 Å². The van der Waals surface area contributed by atoms with Gasteiger partial charge in [0.15, 0.2) is 0 Å². The van der Waals surface area contributed by atoms with Gasteiger partial charge in [0.05, 0.1) is 28.1 Å². The maximum absolute atomic E-state index is 7.07. The van der Waals surface area contributed by atoms with Gasteiger partial charge in [-0.2, -0.15) is 0 Å². The standard InChI is InChI=1S/C65H46N2O2/c1-3-49-63(46-23-15-22-41(31-46)40-16-5-4-6-17-40)39(2)30-55(66-65(49)47-28-29-60-53(34-47)51-25-12-14-27-59(51)68-60)48-36-58(64-54-33-43-19-8-10-21-45(43)37-61(54)69-62(64)38-48)67-56-26-13-11-24-50(56)52-32-42-18-7-9-20-44(42)35-57(52)67/h4-29,31-38,49,65H,3,30H2,1-2H3/t49-,65?/m1/s1. The number of benzene rings is 10. The van der Waals surface area contributed by atoms with Crippen LogP contribution in [0, 0.1) is 5.92 Å². The minimum absolute atomic E-state index is 0.0941. The van der Waals surface area contributed by atoms with E-state index < -0.39 is 0 Å². The van der Waals surface area contributed by atoms with E-state index in [9.17, 15) is 0 Å². The molecule has 4 heterocycles. The first-order valence-electron chi connectivity index (χ1n) is 24.2. The summed E-state index contributed by atoms with van der Waals surface area (Å²) in [6.45, 7) is 4.66. The van der Waals surface area contributed by atoms with Gasteiger partial charge in [-0.3, -0.25) is 4.99 Å². The van der Waals surface area contributed by atoms with Gasteiger partial charge in [-0.1, -0.05) is 152 Å². The highest BCUT2D eigenvalue weighted by atomic mass is 16.3. The molecular formula is C65H46N2O2. The molecule has 0 bridgehead atoms. The lowest BCUT2D eigenvalue weighted by Crippen LogP contribution is -2.14. The van der Waals surface area contributed by atoms with E-state index in [2.05, 4.69) is 219 Å². The van der Waals surface area contributed by atoms with Crippen LogP contribution >= 0.6 is 0 Å². The highest BCUT2D eigenvalue weighted by Crippen LogP contribution is 2.47. The predicted octanol–water partition coefficient (Wildman–Crippen LogP) is 18.0. The monoisotopic (exact) mass is 886 g/mol. The van der Waals surface area contributed by atoms with Crippen molar-refractivity contribution >= 4 is 98.5 Å². The smallest absolute Gasteiger partial charge is 0.138 e. The van der Waals surface area contributed by atoms with Crippen LogP contribution in [0.25, 0.3) is 110 Å². The van der Waals surface area contributed by atoms with Crippen LogP contribution in [0.3, 0.4) is 0 Å². The molecule has 0 saturated heterocycles. The molecule has 1 aliphatic rings. The first-order valence-corrected chi connectivity index (χ1v) is 24.2. The van der Waals surface area contributed by atoms with E-state index in [0.717, 1.165) is 83.7 Å². The molecule has 1 unspecified atom stereocenters. The molecule has 14 rings (SSSR count). The van der Waals surface area contributed by atoms with Crippen molar-refractivity contribution in [3.63, 3.8) is 0 Å². The molecule has 0 fully saturated rings. The van der Waals surface area contributed by atoms with Crippen molar-refractivity contribution in [2.24, 2.45) is 10.9 Å². The van der Waals surface area contributed by atoms with Crippen molar-refractivity contribution in [2.75, 3.05) is 0 Å². The fourth-order valence-electron chi connectivity index (χ4n) is 11.7. The van der Waals surface area contributed by atoms with Gasteiger partial charge in [0.25, 0.3) is 0 Å². The molecule has 4 heteroatoms. The molecule has 0 amide bonds. The fourth-order valence-corrected chi connectivity index (χ4v) is 11.7. The highest BCUT2D eigenvalue weighted by Gasteiger charge is 2.32. The SMILES string of the molecule is CC[C@@H]1C(c2cccc(-c3ccccc3)c2)=C(C)CC(c2cc(-n3c4ccccc4c4cc5ccccc5cc43)c3c(c2)oc2cc4ccccc4cc23)=NC1c1ccc2oc3ccccc3c2c1. The van der Waals surface area contributed by atoms with Crippen molar-refractivity contribution in [2.45, 2.75) is 32.7 Å². The zero-order valence-corrected chi connectivity index (χ0v) is 38.4. The average molecular weight is 887 g/mol. The zero-order valence-electron chi connectivity index (χ0n) is 38.4. The molecule has 2 atom stereocenters. The van der Waals surface area contributed by atoms with Crippen LogP contribution in [0.4, 0.5) is 0 Å². The molecule has 4 nitrogen and oxygen atoms in total. The molecule has 1 aliphatic heterocycles. The Kier molecular flexibility index (Phi) is 8.94. The van der Waals surface area contributed by atoms with Gasteiger partial charge in [0.2, 0.25) is 0 Å². The maximum Gasteiger partial charge on any atom is 0.138 e. The van der Waals surface area contributed by atoms with Gasteiger partial charge >= 0.3 is 0 Å². The Morgan fingerprint density at radius 1 is 0.464 bits per heavy atom. The Hall–Kier alpha value is -8.47. The zero-order chi connectivity index (χ0) is 45.7. The molecule has 10 aromatic carbocycles. The summed E-state index contributed by atoms with van der Waals surface area (Å²) in [6.07, 6.45) is 1.59. The minimum Gasteiger partial charge on any atom is -0.456 e. The lowest BCUT2D eigenvalue weighted by molar-refractivity contribution is 0.525. The number of aliphatic imine (C=N–C) groups is 1. The number of nitrogens with zero attached hydrogens (tertiary/aromatic N) is 2. The van der Waals surface area contributed by atoms with E-state index in [0.29, 0.717) is 6.42 Å². The Bertz CT molecular complexity index is 4290. The second-order valence-electron chi connectivity index (χ2n) is 18.9. The van der Waals surface area contributed by atoms with Gasteiger partial charge in [-0.05, 0) is 129 Å². The molecule has 0 saturated carbocycles. The summed E-state index contributed by atoms with van der Waals surface area (Å²) < 4.78 is 15.9. The number of rotatable bonds is 6. The average Bonchev–Trinajstić information content (AvgIpc) is 4.02. The number of fused-ring (bicyclic) bond motifs is 11. The van der Waals surface area contributed by atoms with Gasteiger partial charge in [-0.15, -0.1) is 0 Å². The van der Waals surface area contributed by atoms with Crippen LogP contribution < -0.4 is 0 Å². The third-order valence-electron chi connectivity index (χ3n) is 14.9. The highest BCUT2D eigenvalue weighted by molar-refractivity contribution is 6.19. The van der Waals surface area contributed by atoms with Crippen molar-refractivity contribution in [1.29, 1.82) is 0 Å². The Labute approximate surface area is 399 Å². The fraction of sp³-hybridized carbons (Fsp3) is 0.0923. The van der Waals surface area contributed by atoms with Gasteiger partial charge < -0.3 is 13.4 Å². The van der Waals surface area contributed by atoms with Crippen LogP contribution in [-0.2, 0) is 0 Å². The van der Waals surface area contributed by atoms with Crippen molar-refractivity contribution < 1.29 is 8.83 Å². The first-order chi connectivity index (χ1) is 34.0. The number of aromatic nitrogens is 1. The topological polar surface area (TPSA) is 43.6 Å². The number of hydrogen-bond acceptors (Lipinski definition) is 3. The van der Waals surface area contributed by atoms with Crippen LogP contribution in [0.15, 0.2) is 226 Å². The van der Waals surface area contributed by atoms with Crippen LogP contribution in [0.5, 0.6) is 0 Å². The number of allylic oxidation sites excluding steroid dienone is 1. The second kappa shape index (κ2) is 15.5. The Morgan fingerprint density at radius 3 is 1.93 bits per heavy atom. The summed E-state index contributed by atoms with van der Waals surface area (Å²) in [6, 6.07) is 74.8. The summed E-state index contributed by atoms with van der Waals surface area (Å²) in [4.78, 5) is 6.03. The van der Waals surface area contributed by atoms with Gasteiger partial charge in [0, 0.05) is 50.5 Å². The molecule has 13 aromatic rings. The molecule has 69 heavy (non-hydrogen) atoms. The van der Waals surface area contributed by atoms with E-state index in [-0.39, 0.29) is 12.0 Å². The molecule has 0 aliphatic carbocycles. The quantitative estimate of drug-likeness (QED) is 0.167. The van der Waals surface area contributed by atoms with Gasteiger partial charge in [0.1, 0.15) is 22.3 Å². The largest absolute Gasteiger partial charge is 0.456 e. The molecule has 328 valence electrons. The van der Waals surface area contributed by atoms with Crippen LogP contribution in [-0.4, -0.2) is 10.3 Å². The molecular weight excluding hydrogens is 841 g/mol. The van der Waals surface area contributed by atoms with E-state index in [1.807, 2.05) is 6.07 Å². The summed E-state index contributed by atoms with van der Waals surface area (Å²) in [7, 11) is 0. The summed E-state index contributed by atoms with van der Waals surface area (Å²) >= 11 is 0. The van der Waals surface area contributed by atoms with Crippen LogP contribution in [0.1, 0.15) is 49.4 Å². The van der Waals surface area contributed by atoms with E-state index >= 15 is 0 Å². The second-order valence-corrected chi connectivity index (χ2v) is 18.9. The molecule has 3 aromatic heterocycles. The van der Waals surface area contributed by atoms with E-state index in [1.54, 1.807) is 0 Å². The summed E-state index contributed by atoms with van der Waals surface area (Å²) in [5, 5.41) is 11.6.